The van der Waals surface area contributed by atoms with Gasteiger partial charge in [0.05, 0.1) is 0 Å². The van der Waals surface area contributed by atoms with E-state index < -0.39 is 15.7 Å². The summed E-state index contributed by atoms with van der Waals surface area (Å²) in [5.41, 5.74) is 0. The molecule has 16 heavy (non-hydrogen) atoms. The van der Waals surface area contributed by atoms with E-state index in [0.29, 0.717) is 0 Å². The van der Waals surface area contributed by atoms with E-state index >= 15 is 0 Å². The molecule has 0 saturated carbocycles. The van der Waals surface area contributed by atoms with Gasteiger partial charge in [-0.25, -0.2) is 0 Å². The molecule has 2 aromatic rings. The molecule has 0 fully saturated rings. The van der Waals surface area contributed by atoms with Crippen molar-refractivity contribution in [3.8, 4) is 0 Å². The third-order valence-corrected chi connectivity index (χ3v) is 3.99. The summed E-state index contributed by atoms with van der Waals surface area (Å²) < 4.78 is 0. The van der Waals surface area contributed by atoms with Gasteiger partial charge in [-0.1, -0.05) is 46.9 Å². The topological polar surface area (TPSA) is 40.5 Å². The van der Waals surface area contributed by atoms with Crippen molar-refractivity contribution >= 4 is 15.7 Å². The highest BCUT2D eigenvalue weighted by Gasteiger charge is 2.06. The lowest BCUT2D eigenvalue weighted by atomic mass is 10.4. The third kappa shape index (κ3) is 2.39. The van der Waals surface area contributed by atoms with E-state index in [4.69, 9.17) is 0 Å². The van der Waals surface area contributed by atoms with Gasteiger partial charge in [-0.15, -0.1) is 0 Å². The molecule has 2 N–H and O–H groups in total. The van der Waals surface area contributed by atoms with Crippen LogP contribution in [0.25, 0.3) is 0 Å². The Balaban J connectivity index is 2.54. The normalized spacial score (nSPS) is 10.4. The maximum Gasteiger partial charge on any atom is 0.214 e. The summed E-state index contributed by atoms with van der Waals surface area (Å²) in [6, 6.07) is 18.9. The summed E-state index contributed by atoms with van der Waals surface area (Å²) >= 11 is 0. The van der Waals surface area contributed by atoms with Crippen LogP contribution >= 0.6 is 10.5 Å². The van der Waals surface area contributed by atoms with Gasteiger partial charge in [-0.2, -0.15) is 0 Å². The number of hydrogen-bond donors (Lipinski definition) is 2. The fourth-order valence-electron chi connectivity index (χ4n) is 1.46. The Morgan fingerprint density at radius 1 is 0.688 bits per heavy atom. The molecule has 0 spiro atoms. The molecule has 2 rings (SSSR count). The van der Waals surface area contributed by atoms with Gasteiger partial charge in [-0.3, -0.25) is 0 Å². The first-order chi connectivity index (χ1) is 7.79. The van der Waals surface area contributed by atoms with Gasteiger partial charge in [0.1, 0.15) is 0 Å². The van der Waals surface area contributed by atoms with Gasteiger partial charge in [-0.05, 0) is 24.3 Å². The number of rotatable bonds is 2. The average Bonchev–Trinajstić information content (AvgIpc) is 2.31. The standard InChI is InChI=1S/C13H12O2S/c14-13(15)16(11-7-3-1-4-8-11)12-9-5-2-6-10-12/h1-10,14-15H. The summed E-state index contributed by atoms with van der Waals surface area (Å²) in [7, 11) is -0.775. The van der Waals surface area contributed by atoms with Crippen LogP contribution in [0.3, 0.4) is 0 Å². The van der Waals surface area contributed by atoms with Crippen LogP contribution < -0.4 is 0 Å². The molecule has 0 heterocycles. The zero-order valence-electron chi connectivity index (χ0n) is 8.58. The molecule has 2 nitrogen and oxygen atoms in total. The summed E-state index contributed by atoms with van der Waals surface area (Å²) in [4.78, 5) is 1.79. The first kappa shape index (κ1) is 11.1. The predicted molar refractivity (Wildman–Crippen MR) is 67.3 cm³/mol. The molecule has 0 bridgehead atoms. The quantitative estimate of drug-likeness (QED) is 0.777. The Labute approximate surface area is 96.7 Å². The molecule has 0 aliphatic carbocycles. The van der Waals surface area contributed by atoms with Crippen LogP contribution in [-0.4, -0.2) is 15.4 Å². The lowest BCUT2D eigenvalue weighted by Gasteiger charge is -2.09. The number of aliphatic hydroxyl groups is 2. The number of benzene rings is 2. The van der Waals surface area contributed by atoms with Gasteiger partial charge in [0.25, 0.3) is 0 Å². The van der Waals surface area contributed by atoms with Gasteiger partial charge in [0.15, 0.2) is 0 Å². The Hall–Kier alpha value is -1.42. The van der Waals surface area contributed by atoms with E-state index in [-0.39, 0.29) is 0 Å². The average molecular weight is 232 g/mol. The second-order valence-corrected chi connectivity index (χ2v) is 5.14. The third-order valence-electron chi connectivity index (χ3n) is 2.14. The Morgan fingerprint density at radius 2 is 1.06 bits per heavy atom. The number of hydrogen-bond acceptors (Lipinski definition) is 0. The highest BCUT2D eigenvalue weighted by molar-refractivity contribution is 8.15. The molecule has 0 amide bonds. The highest BCUT2D eigenvalue weighted by atomic mass is 32.2. The molecule has 0 radical (unpaired) electrons. The fourth-order valence-corrected chi connectivity index (χ4v) is 3.01. The number of aliphatic hydroxyl groups excluding tert-OH is 1. The van der Waals surface area contributed by atoms with Gasteiger partial charge in [0, 0.05) is 9.79 Å². The van der Waals surface area contributed by atoms with Crippen LogP contribution in [0.1, 0.15) is 0 Å². The molecular weight excluding hydrogens is 220 g/mol. The first-order valence-electron chi connectivity index (χ1n) is 4.88. The van der Waals surface area contributed by atoms with E-state index in [0.717, 1.165) is 9.79 Å². The molecule has 82 valence electrons. The second-order valence-electron chi connectivity index (χ2n) is 3.21. The molecule has 0 aromatic heterocycles. The molecule has 0 saturated heterocycles. The minimum atomic E-state index is -0.775. The van der Waals surface area contributed by atoms with Crippen molar-refractivity contribution in [2.75, 3.05) is 0 Å². The molecule has 0 aliphatic heterocycles. The first-order valence-corrected chi connectivity index (χ1v) is 6.11. The molecule has 0 aliphatic rings. The molecule has 0 atom stereocenters. The largest absolute Gasteiger partial charge is 0.336 e. The molecule has 0 unspecified atom stereocenters. The minimum Gasteiger partial charge on any atom is -0.336 e. The maximum absolute atomic E-state index is 9.40. The van der Waals surface area contributed by atoms with Crippen molar-refractivity contribution < 1.29 is 10.2 Å². The zero-order chi connectivity index (χ0) is 11.4. The van der Waals surface area contributed by atoms with E-state index in [1.54, 1.807) is 0 Å². The van der Waals surface area contributed by atoms with E-state index in [9.17, 15) is 10.2 Å². The predicted octanol–water partition coefficient (Wildman–Crippen LogP) is 3.58. The Kier molecular flexibility index (Phi) is 3.51. The minimum absolute atomic E-state index is 0.544. The second kappa shape index (κ2) is 5.07. The SMILES string of the molecule is OC(O)=S(c1ccccc1)c1ccccc1. The van der Waals surface area contributed by atoms with Crippen LogP contribution in [0.15, 0.2) is 70.5 Å². The highest BCUT2D eigenvalue weighted by Crippen LogP contribution is 2.35. The van der Waals surface area contributed by atoms with Crippen LogP contribution in [0.4, 0.5) is 0 Å². The Bertz CT molecular complexity index is 446. The monoisotopic (exact) mass is 232 g/mol. The van der Waals surface area contributed by atoms with Crippen molar-refractivity contribution in [2.45, 2.75) is 9.79 Å². The maximum atomic E-state index is 9.40. The summed E-state index contributed by atoms with van der Waals surface area (Å²) in [5, 5.41) is 18.3. The summed E-state index contributed by atoms with van der Waals surface area (Å²) in [6.07, 6.45) is 0. The van der Waals surface area contributed by atoms with Gasteiger partial charge < -0.3 is 10.2 Å². The van der Waals surface area contributed by atoms with Crippen LogP contribution in [0.5, 0.6) is 0 Å². The summed E-state index contributed by atoms with van der Waals surface area (Å²) in [6.45, 7) is 0. The molecule has 2 aromatic carbocycles. The van der Waals surface area contributed by atoms with Crippen molar-refractivity contribution in [1.82, 2.24) is 0 Å². The fraction of sp³-hybridized carbons (Fsp3) is 0. The lowest BCUT2D eigenvalue weighted by molar-refractivity contribution is 0.384. The lowest BCUT2D eigenvalue weighted by Crippen LogP contribution is -1.94. The summed E-state index contributed by atoms with van der Waals surface area (Å²) in [5.74, 6) is 0. The van der Waals surface area contributed by atoms with Crippen molar-refractivity contribution in [3.05, 3.63) is 60.7 Å². The van der Waals surface area contributed by atoms with Gasteiger partial charge >= 0.3 is 0 Å². The van der Waals surface area contributed by atoms with Crippen molar-refractivity contribution in [2.24, 2.45) is 0 Å². The zero-order valence-corrected chi connectivity index (χ0v) is 9.39. The van der Waals surface area contributed by atoms with Crippen LogP contribution in [0.2, 0.25) is 0 Å². The van der Waals surface area contributed by atoms with Crippen LogP contribution in [-0.2, 0) is 0 Å². The molecule has 3 heteroatoms. The van der Waals surface area contributed by atoms with Gasteiger partial charge in [0.2, 0.25) is 5.24 Å². The smallest absolute Gasteiger partial charge is 0.214 e. The van der Waals surface area contributed by atoms with Crippen molar-refractivity contribution in [3.63, 3.8) is 0 Å². The van der Waals surface area contributed by atoms with Crippen molar-refractivity contribution in [1.29, 1.82) is 0 Å². The van der Waals surface area contributed by atoms with E-state index in [1.165, 1.54) is 0 Å². The Morgan fingerprint density at radius 3 is 1.38 bits per heavy atom. The van der Waals surface area contributed by atoms with Crippen LogP contribution in [0, 0.1) is 0 Å². The van der Waals surface area contributed by atoms with E-state index in [2.05, 4.69) is 0 Å². The van der Waals surface area contributed by atoms with E-state index in [1.807, 2.05) is 60.7 Å². The molecular formula is C13H12O2S.